The third kappa shape index (κ3) is 5.24. The highest BCUT2D eigenvalue weighted by molar-refractivity contribution is 6.05. The first-order valence-electron chi connectivity index (χ1n) is 8.32. The lowest BCUT2D eigenvalue weighted by molar-refractivity contribution is -0.136. The van der Waals surface area contributed by atoms with E-state index in [9.17, 15) is 9.59 Å². The van der Waals surface area contributed by atoms with Crippen LogP contribution in [0.4, 0.5) is 5.69 Å². The predicted octanol–water partition coefficient (Wildman–Crippen LogP) is 3.61. The number of carbonyl (C=O) groups is 2. The van der Waals surface area contributed by atoms with Crippen LogP contribution >= 0.6 is 0 Å². The van der Waals surface area contributed by atoms with E-state index in [0.29, 0.717) is 40.8 Å². The highest BCUT2D eigenvalue weighted by Gasteiger charge is 2.14. The number of amides is 1. The zero-order valence-electron chi connectivity index (χ0n) is 15.1. The summed E-state index contributed by atoms with van der Waals surface area (Å²) in [7, 11) is 1.52. The molecule has 0 aliphatic rings. The Morgan fingerprint density at radius 1 is 1.12 bits per heavy atom. The van der Waals surface area contributed by atoms with E-state index in [2.05, 4.69) is 5.32 Å². The van der Waals surface area contributed by atoms with Crippen molar-refractivity contribution in [3.8, 4) is 11.5 Å². The van der Waals surface area contributed by atoms with Gasteiger partial charge >= 0.3 is 5.97 Å². The summed E-state index contributed by atoms with van der Waals surface area (Å²) in [5, 5.41) is 11.7. The number of anilines is 1. The van der Waals surface area contributed by atoms with Crippen molar-refractivity contribution in [1.29, 1.82) is 0 Å². The molecule has 1 amide bonds. The summed E-state index contributed by atoms with van der Waals surface area (Å²) in [6.45, 7) is 4.64. The fraction of sp³-hybridized carbons (Fsp3) is 0.300. The third-order valence-electron chi connectivity index (χ3n) is 3.61. The topological polar surface area (TPSA) is 84.9 Å². The average Bonchev–Trinajstić information content (AvgIpc) is 2.60. The first kappa shape index (κ1) is 19.3. The summed E-state index contributed by atoms with van der Waals surface area (Å²) in [4.78, 5) is 23.5. The van der Waals surface area contributed by atoms with E-state index < -0.39 is 5.97 Å². The van der Waals surface area contributed by atoms with E-state index in [0.717, 1.165) is 0 Å². The van der Waals surface area contributed by atoms with Crippen molar-refractivity contribution in [3.05, 3.63) is 53.6 Å². The van der Waals surface area contributed by atoms with Crippen LogP contribution in [0.3, 0.4) is 0 Å². The fourth-order valence-electron chi connectivity index (χ4n) is 2.34. The van der Waals surface area contributed by atoms with Crippen molar-refractivity contribution in [2.75, 3.05) is 19.0 Å². The Labute approximate surface area is 152 Å². The molecule has 2 aromatic rings. The quantitative estimate of drug-likeness (QED) is 0.754. The molecule has 0 saturated carbocycles. The van der Waals surface area contributed by atoms with Gasteiger partial charge in [-0.1, -0.05) is 32.0 Å². The second-order valence-corrected chi connectivity index (χ2v) is 6.25. The molecule has 0 aromatic heterocycles. The maximum atomic E-state index is 12.5. The molecule has 0 fully saturated rings. The van der Waals surface area contributed by atoms with Crippen molar-refractivity contribution in [1.82, 2.24) is 0 Å². The molecule has 0 aliphatic carbocycles. The molecule has 6 heteroatoms. The molecule has 0 spiro atoms. The van der Waals surface area contributed by atoms with Crippen LogP contribution in [-0.2, 0) is 11.2 Å². The standard InChI is InChI=1S/C20H23NO5/c1-13(2)12-26-17-9-8-15(10-18(17)25-3)20(24)21-16-7-5-4-6-14(16)11-19(22)23/h4-10,13H,11-12H2,1-3H3,(H,21,24)(H,22,23). The Morgan fingerprint density at radius 2 is 1.85 bits per heavy atom. The molecule has 0 unspecified atom stereocenters. The number of hydrogen-bond donors (Lipinski definition) is 2. The number of carbonyl (C=O) groups excluding carboxylic acids is 1. The Morgan fingerprint density at radius 3 is 2.50 bits per heavy atom. The summed E-state index contributed by atoms with van der Waals surface area (Å²) in [5.41, 5.74) is 1.40. The first-order valence-corrected chi connectivity index (χ1v) is 8.32. The van der Waals surface area contributed by atoms with Gasteiger partial charge in [0.05, 0.1) is 20.1 Å². The highest BCUT2D eigenvalue weighted by atomic mass is 16.5. The molecule has 0 saturated heterocycles. The monoisotopic (exact) mass is 357 g/mol. The SMILES string of the molecule is COc1cc(C(=O)Nc2ccccc2CC(=O)O)ccc1OCC(C)C. The molecule has 0 radical (unpaired) electrons. The van der Waals surface area contributed by atoms with Crippen LogP contribution < -0.4 is 14.8 Å². The van der Waals surface area contributed by atoms with Gasteiger partial charge < -0.3 is 19.9 Å². The summed E-state index contributed by atoms with van der Waals surface area (Å²) in [5.74, 6) is 0.103. The third-order valence-corrected chi connectivity index (χ3v) is 3.61. The zero-order valence-corrected chi connectivity index (χ0v) is 15.1. The molecule has 0 bridgehead atoms. The van der Waals surface area contributed by atoms with E-state index in [1.165, 1.54) is 7.11 Å². The van der Waals surface area contributed by atoms with Crippen LogP contribution in [0.2, 0.25) is 0 Å². The number of benzene rings is 2. The van der Waals surface area contributed by atoms with Gasteiger partial charge in [-0.05, 0) is 35.7 Å². The molecular weight excluding hydrogens is 334 g/mol. The highest BCUT2D eigenvalue weighted by Crippen LogP contribution is 2.29. The van der Waals surface area contributed by atoms with Crippen LogP contribution in [0.1, 0.15) is 29.8 Å². The summed E-state index contributed by atoms with van der Waals surface area (Å²) in [6, 6.07) is 11.8. The Hall–Kier alpha value is -3.02. The lowest BCUT2D eigenvalue weighted by Crippen LogP contribution is -2.15. The molecular formula is C20H23NO5. The van der Waals surface area contributed by atoms with E-state index in [-0.39, 0.29) is 12.3 Å². The van der Waals surface area contributed by atoms with E-state index in [1.54, 1.807) is 42.5 Å². The summed E-state index contributed by atoms with van der Waals surface area (Å²) in [6.07, 6.45) is -0.165. The largest absolute Gasteiger partial charge is 0.493 e. The Kier molecular flexibility index (Phi) is 6.60. The van der Waals surface area contributed by atoms with Crippen molar-refractivity contribution < 1.29 is 24.2 Å². The van der Waals surface area contributed by atoms with Crippen LogP contribution in [0.25, 0.3) is 0 Å². The second-order valence-electron chi connectivity index (χ2n) is 6.25. The fourth-order valence-corrected chi connectivity index (χ4v) is 2.34. The number of nitrogens with one attached hydrogen (secondary N) is 1. The number of carboxylic acid groups (broad SMARTS) is 1. The van der Waals surface area contributed by atoms with Crippen molar-refractivity contribution in [2.24, 2.45) is 5.92 Å². The van der Waals surface area contributed by atoms with Gasteiger partial charge in [0, 0.05) is 11.3 Å². The molecule has 0 atom stereocenters. The molecule has 2 rings (SSSR count). The molecule has 138 valence electrons. The van der Waals surface area contributed by atoms with Gasteiger partial charge in [0.1, 0.15) is 0 Å². The molecule has 2 aromatic carbocycles. The van der Waals surface area contributed by atoms with Crippen LogP contribution in [0, 0.1) is 5.92 Å². The Bertz CT molecular complexity index is 786. The number of aliphatic carboxylic acids is 1. The minimum atomic E-state index is -0.958. The van der Waals surface area contributed by atoms with Gasteiger partial charge in [0.25, 0.3) is 5.91 Å². The van der Waals surface area contributed by atoms with Gasteiger partial charge in [-0.2, -0.15) is 0 Å². The van der Waals surface area contributed by atoms with E-state index >= 15 is 0 Å². The van der Waals surface area contributed by atoms with Gasteiger partial charge in [-0.15, -0.1) is 0 Å². The minimum Gasteiger partial charge on any atom is -0.493 e. The van der Waals surface area contributed by atoms with Crippen LogP contribution in [0.5, 0.6) is 11.5 Å². The van der Waals surface area contributed by atoms with Crippen molar-refractivity contribution in [3.63, 3.8) is 0 Å². The maximum absolute atomic E-state index is 12.5. The number of hydrogen-bond acceptors (Lipinski definition) is 4. The van der Waals surface area contributed by atoms with E-state index in [4.69, 9.17) is 14.6 Å². The van der Waals surface area contributed by atoms with Gasteiger partial charge in [0.2, 0.25) is 0 Å². The summed E-state index contributed by atoms with van der Waals surface area (Å²) < 4.78 is 11.0. The molecule has 2 N–H and O–H groups in total. The van der Waals surface area contributed by atoms with Gasteiger partial charge in [0.15, 0.2) is 11.5 Å². The van der Waals surface area contributed by atoms with Crippen molar-refractivity contribution in [2.45, 2.75) is 20.3 Å². The van der Waals surface area contributed by atoms with Crippen LogP contribution in [0.15, 0.2) is 42.5 Å². The lowest BCUT2D eigenvalue weighted by Gasteiger charge is -2.14. The first-order chi connectivity index (χ1) is 12.4. The lowest BCUT2D eigenvalue weighted by atomic mass is 10.1. The number of carboxylic acids is 1. The van der Waals surface area contributed by atoms with Crippen molar-refractivity contribution >= 4 is 17.6 Å². The normalized spacial score (nSPS) is 10.5. The maximum Gasteiger partial charge on any atom is 0.307 e. The molecule has 6 nitrogen and oxygen atoms in total. The smallest absolute Gasteiger partial charge is 0.307 e. The van der Waals surface area contributed by atoms with Crippen LogP contribution in [-0.4, -0.2) is 30.7 Å². The molecule has 26 heavy (non-hydrogen) atoms. The molecule has 0 aliphatic heterocycles. The predicted molar refractivity (Wildman–Crippen MR) is 99.1 cm³/mol. The Balaban J connectivity index is 2.19. The van der Waals surface area contributed by atoms with Gasteiger partial charge in [-0.3, -0.25) is 9.59 Å². The number of methoxy groups -OCH3 is 1. The molecule has 0 heterocycles. The zero-order chi connectivity index (χ0) is 19.1. The second kappa shape index (κ2) is 8.89. The number of ether oxygens (including phenoxy) is 2. The summed E-state index contributed by atoms with van der Waals surface area (Å²) >= 11 is 0. The van der Waals surface area contributed by atoms with Gasteiger partial charge in [-0.25, -0.2) is 0 Å². The minimum absolute atomic E-state index is 0.165. The van der Waals surface area contributed by atoms with E-state index in [1.807, 2.05) is 13.8 Å². The number of para-hydroxylation sites is 1. The average molecular weight is 357 g/mol. The number of rotatable bonds is 8.